The Morgan fingerprint density at radius 2 is 2.11 bits per heavy atom. The van der Waals surface area contributed by atoms with Crippen LogP contribution < -0.4 is 4.90 Å². The van der Waals surface area contributed by atoms with E-state index in [1.165, 1.54) is 21.1 Å². The molecule has 0 bridgehead atoms. The highest BCUT2D eigenvalue weighted by Gasteiger charge is 2.35. The largest absolute Gasteiger partial charge is 0.465 e. The van der Waals surface area contributed by atoms with E-state index in [0.717, 1.165) is 31.2 Å². The van der Waals surface area contributed by atoms with Crippen LogP contribution in [0.1, 0.15) is 41.3 Å². The summed E-state index contributed by atoms with van der Waals surface area (Å²) >= 11 is 1.50. The lowest BCUT2D eigenvalue weighted by atomic mass is 9.96. The number of benzene rings is 1. The molecule has 6 nitrogen and oxygen atoms in total. The molecule has 0 N–H and O–H groups in total. The number of ether oxygens (including phenoxy) is 1. The van der Waals surface area contributed by atoms with Crippen LogP contribution in [0.5, 0.6) is 0 Å². The van der Waals surface area contributed by atoms with Crippen molar-refractivity contribution in [1.82, 2.24) is 0 Å². The molecule has 0 atom stereocenters. The molecule has 2 aromatic rings. The molecule has 0 saturated carbocycles. The number of anilines is 1. The van der Waals surface area contributed by atoms with E-state index in [9.17, 15) is 14.9 Å². The third-order valence-corrected chi connectivity index (χ3v) is 6.15. The Balaban J connectivity index is 1.76. The van der Waals surface area contributed by atoms with Crippen LogP contribution in [-0.2, 0) is 27.2 Å². The summed E-state index contributed by atoms with van der Waals surface area (Å²) < 4.78 is 5.00. The van der Waals surface area contributed by atoms with Gasteiger partial charge >= 0.3 is 5.97 Å². The number of nitrogens with zero attached hydrogens (tertiary/aromatic N) is 3. The minimum Gasteiger partial charge on any atom is -0.465 e. The molecule has 1 aliphatic heterocycles. The number of aryl methyl sites for hydroxylation is 1. The van der Waals surface area contributed by atoms with E-state index in [0.29, 0.717) is 21.8 Å². The van der Waals surface area contributed by atoms with Gasteiger partial charge in [-0.3, -0.25) is 14.5 Å². The Bertz CT molecular complexity index is 1030. The topological polar surface area (TPSA) is 82.8 Å². The molecule has 0 radical (unpaired) electrons. The first-order chi connectivity index (χ1) is 13.6. The zero-order chi connectivity index (χ0) is 19.7. The average Bonchev–Trinajstić information content (AvgIpc) is 3.18. The van der Waals surface area contributed by atoms with Gasteiger partial charge in [-0.25, -0.2) is 4.99 Å². The fraction of sp³-hybridized carbons (Fsp3) is 0.333. The SMILES string of the molecule is CCOC(=O)CN1C(=O)C(=Nc2sc3c(c2C#N)CCCC3)c2ccccc21. The number of hydrogen-bond donors (Lipinski definition) is 0. The fourth-order valence-electron chi connectivity index (χ4n) is 3.71. The Hall–Kier alpha value is -2.98. The van der Waals surface area contributed by atoms with Crippen molar-refractivity contribution >= 4 is 39.6 Å². The van der Waals surface area contributed by atoms with Crippen LogP contribution in [-0.4, -0.2) is 30.7 Å². The van der Waals surface area contributed by atoms with Crippen LogP contribution in [0.2, 0.25) is 0 Å². The second kappa shape index (κ2) is 7.56. The molecule has 0 fully saturated rings. The predicted molar refractivity (Wildman–Crippen MR) is 107 cm³/mol. The van der Waals surface area contributed by atoms with Gasteiger partial charge in [0, 0.05) is 10.4 Å². The summed E-state index contributed by atoms with van der Waals surface area (Å²) in [4.78, 5) is 32.2. The number of hydrogen-bond acceptors (Lipinski definition) is 6. The lowest BCUT2D eigenvalue weighted by Gasteiger charge is -2.15. The van der Waals surface area contributed by atoms with Gasteiger partial charge in [0.2, 0.25) is 0 Å². The van der Waals surface area contributed by atoms with Crippen molar-refractivity contribution in [1.29, 1.82) is 5.26 Å². The molecule has 142 valence electrons. The van der Waals surface area contributed by atoms with Gasteiger partial charge in [-0.2, -0.15) is 5.26 Å². The van der Waals surface area contributed by atoms with E-state index in [1.54, 1.807) is 13.0 Å². The number of thiophene rings is 1. The first-order valence-electron chi connectivity index (χ1n) is 9.34. The van der Waals surface area contributed by atoms with Crippen molar-refractivity contribution in [2.75, 3.05) is 18.1 Å². The molecule has 28 heavy (non-hydrogen) atoms. The van der Waals surface area contributed by atoms with E-state index < -0.39 is 5.97 Å². The van der Waals surface area contributed by atoms with Gasteiger partial charge in [0.15, 0.2) is 0 Å². The summed E-state index contributed by atoms with van der Waals surface area (Å²) in [6.45, 7) is 1.83. The molecular weight excluding hydrogens is 374 g/mol. The van der Waals surface area contributed by atoms with Crippen molar-refractivity contribution < 1.29 is 14.3 Å². The van der Waals surface area contributed by atoms with Crippen LogP contribution in [0, 0.1) is 11.3 Å². The number of carbonyl (C=O) groups excluding carboxylic acids is 2. The summed E-state index contributed by atoms with van der Waals surface area (Å²) in [5.41, 5.74) is 3.25. The number of amides is 1. The molecule has 7 heteroatoms. The van der Waals surface area contributed by atoms with Gasteiger partial charge < -0.3 is 4.74 Å². The summed E-state index contributed by atoms with van der Waals surface area (Å²) in [5.74, 6) is -0.805. The highest BCUT2D eigenvalue weighted by atomic mass is 32.1. The molecule has 0 unspecified atom stereocenters. The molecule has 2 heterocycles. The van der Waals surface area contributed by atoms with Crippen LogP contribution in [0.3, 0.4) is 0 Å². The molecule has 1 aliphatic carbocycles. The molecule has 0 saturated heterocycles. The molecule has 2 aliphatic rings. The minimum absolute atomic E-state index is 0.158. The standard InChI is InChI=1S/C21H19N3O3S/c1-2-27-18(25)12-24-16-9-5-3-8-14(16)19(21(24)26)23-20-15(11-22)13-7-4-6-10-17(13)28-20/h3,5,8-9H,2,4,6-7,10,12H2,1H3. The Morgan fingerprint density at radius 3 is 2.89 bits per heavy atom. The van der Waals surface area contributed by atoms with E-state index >= 15 is 0 Å². The molecule has 1 aromatic carbocycles. The molecule has 1 amide bonds. The lowest BCUT2D eigenvalue weighted by molar-refractivity contribution is -0.142. The maximum absolute atomic E-state index is 13.1. The lowest BCUT2D eigenvalue weighted by Crippen LogP contribution is -2.35. The maximum atomic E-state index is 13.1. The zero-order valence-corrected chi connectivity index (χ0v) is 16.3. The number of rotatable bonds is 4. The van der Waals surface area contributed by atoms with Crippen molar-refractivity contribution in [3.05, 3.63) is 45.8 Å². The highest BCUT2D eigenvalue weighted by Crippen LogP contribution is 2.41. The molecule has 1 aromatic heterocycles. The molecular formula is C21H19N3O3S. The van der Waals surface area contributed by atoms with Crippen LogP contribution in [0.25, 0.3) is 0 Å². The van der Waals surface area contributed by atoms with E-state index in [1.807, 2.05) is 18.2 Å². The van der Waals surface area contributed by atoms with Gasteiger partial charge in [0.1, 0.15) is 23.3 Å². The highest BCUT2D eigenvalue weighted by molar-refractivity contribution is 7.16. The van der Waals surface area contributed by atoms with Crippen LogP contribution >= 0.6 is 11.3 Å². The normalized spacial score (nSPS) is 16.6. The molecule has 0 spiro atoms. The quantitative estimate of drug-likeness (QED) is 0.744. The third-order valence-electron chi connectivity index (χ3n) is 4.97. The average molecular weight is 393 g/mol. The smallest absolute Gasteiger partial charge is 0.326 e. The number of para-hydroxylation sites is 1. The second-order valence-electron chi connectivity index (χ2n) is 6.68. The Morgan fingerprint density at radius 1 is 1.32 bits per heavy atom. The Labute approximate surface area is 167 Å². The van der Waals surface area contributed by atoms with Gasteiger partial charge in [0.25, 0.3) is 5.91 Å². The summed E-state index contributed by atoms with van der Waals surface area (Å²) in [7, 11) is 0. The first kappa shape index (κ1) is 18.4. The van der Waals surface area contributed by atoms with Crippen molar-refractivity contribution in [3.8, 4) is 6.07 Å². The Kier molecular flexibility index (Phi) is 4.97. The minimum atomic E-state index is -0.462. The van der Waals surface area contributed by atoms with Crippen molar-refractivity contribution in [2.24, 2.45) is 4.99 Å². The number of esters is 1. The fourth-order valence-corrected chi connectivity index (χ4v) is 4.92. The molecule has 4 rings (SSSR count). The maximum Gasteiger partial charge on any atom is 0.326 e. The zero-order valence-electron chi connectivity index (χ0n) is 15.5. The van der Waals surface area contributed by atoms with Crippen LogP contribution in [0.4, 0.5) is 10.7 Å². The summed E-state index contributed by atoms with van der Waals surface area (Å²) in [5, 5.41) is 10.2. The number of aliphatic imine (C=N–C) groups is 1. The third kappa shape index (κ3) is 3.10. The van der Waals surface area contributed by atoms with Gasteiger partial charge in [-0.05, 0) is 44.2 Å². The van der Waals surface area contributed by atoms with Gasteiger partial charge in [-0.15, -0.1) is 11.3 Å². The van der Waals surface area contributed by atoms with E-state index in [2.05, 4.69) is 11.1 Å². The summed E-state index contributed by atoms with van der Waals surface area (Å²) in [6.07, 6.45) is 4.03. The first-order valence-corrected chi connectivity index (χ1v) is 10.2. The van der Waals surface area contributed by atoms with Crippen LogP contribution in [0.15, 0.2) is 29.3 Å². The van der Waals surface area contributed by atoms with Crippen molar-refractivity contribution in [2.45, 2.75) is 32.6 Å². The summed E-state index contributed by atoms with van der Waals surface area (Å²) in [6, 6.07) is 9.54. The second-order valence-corrected chi connectivity index (χ2v) is 7.76. The van der Waals surface area contributed by atoms with E-state index in [4.69, 9.17) is 4.74 Å². The van der Waals surface area contributed by atoms with Gasteiger partial charge in [-0.1, -0.05) is 18.2 Å². The number of nitriles is 1. The van der Waals surface area contributed by atoms with Crippen molar-refractivity contribution in [3.63, 3.8) is 0 Å². The monoisotopic (exact) mass is 393 g/mol. The van der Waals surface area contributed by atoms with E-state index in [-0.39, 0.29) is 24.8 Å². The number of carbonyl (C=O) groups is 2. The number of fused-ring (bicyclic) bond motifs is 2. The van der Waals surface area contributed by atoms with Gasteiger partial charge in [0.05, 0.1) is 17.9 Å². The predicted octanol–water partition coefficient (Wildman–Crippen LogP) is 3.53.